The number of carbonyl (C=O) groups is 1. The van der Waals surface area contributed by atoms with Gasteiger partial charge in [0.25, 0.3) is 0 Å². The van der Waals surface area contributed by atoms with E-state index in [1.54, 1.807) is 24.0 Å². The minimum atomic E-state index is -0.275. The number of pyridine rings is 1. The van der Waals surface area contributed by atoms with Crippen LogP contribution in [0, 0.1) is 0 Å². The van der Waals surface area contributed by atoms with Crippen molar-refractivity contribution in [1.82, 2.24) is 35.0 Å². The molecule has 1 aromatic carbocycles. The van der Waals surface area contributed by atoms with Gasteiger partial charge in [-0.2, -0.15) is 9.90 Å². The highest BCUT2D eigenvalue weighted by Crippen LogP contribution is 2.19. The average Bonchev–Trinajstić information content (AvgIpc) is 3.30. The first-order valence-electron chi connectivity index (χ1n) is 8.27. The van der Waals surface area contributed by atoms with Crippen LogP contribution in [0.2, 0.25) is 0 Å². The van der Waals surface area contributed by atoms with Gasteiger partial charge in [-0.25, -0.2) is 0 Å². The lowest BCUT2D eigenvalue weighted by Crippen LogP contribution is -2.21. The summed E-state index contributed by atoms with van der Waals surface area (Å²) >= 11 is 0. The van der Waals surface area contributed by atoms with Crippen LogP contribution in [0.25, 0.3) is 22.8 Å². The molecule has 1 N–H and O–H groups in total. The zero-order valence-corrected chi connectivity index (χ0v) is 14.5. The van der Waals surface area contributed by atoms with Crippen molar-refractivity contribution in [1.29, 1.82) is 0 Å². The van der Waals surface area contributed by atoms with Crippen molar-refractivity contribution < 1.29 is 4.79 Å². The van der Waals surface area contributed by atoms with E-state index in [4.69, 9.17) is 0 Å². The van der Waals surface area contributed by atoms with Crippen LogP contribution in [-0.2, 0) is 18.4 Å². The number of benzene rings is 1. The number of amides is 1. The quantitative estimate of drug-likeness (QED) is 0.582. The Hall–Kier alpha value is -3.88. The van der Waals surface area contributed by atoms with Gasteiger partial charge in [0.1, 0.15) is 18.1 Å². The van der Waals surface area contributed by atoms with Crippen LogP contribution in [0.15, 0.2) is 60.8 Å². The van der Waals surface area contributed by atoms with Crippen LogP contribution in [0.5, 0.6) is 0 Å². The van der Waals surface area contributed by atoms with Gasteiger partial charge in [0, 0.05) is 24.9 Å². The molecule has 0 aliphatic carbocycles. The second-order valence-corrected chi connectivity index (χ2v) is 5.81. The molecule has 0 spiro atoms. The number of nitrogens with one attached hydrogen (secondary N) is 1. The summed E-state index contributed by atoms with van der Waals surface area (Å²) in [5.41, 5.74) is 2.26. The van der Waals surface area contributed by atoms with Gasteiger partial charge >= 0.3 is 0 Å². The fraction of sp³-hybridized carbons (Fsp3) is 0.111. The number of rotatable bonds is 5. The minimum Gasteiger partial charge on any atom is -0.309 e. The Labute approximate surface area is 154 Å². The molecule has 0 atom stereocenters. The molecule has 0 saturated heterocycles. The van der Waals surface area contributed by atoms with Crippen molar-refractivity contribution in [3.05, 3.63) is 60.8 Å². The summed E-state index contributed by atoms with van der Waals surface area (Å²) in [4.78, 5) is 17.8. The fourth-order valence-corrected chi connectivity index (χ4v) is 2.55. The molecule has 0 fully saturated rings. The normalized spacial score (nSPS) is 10.7. The number of nitrogens with zero attached hydrogens (tertiary/aromatic N) is 7. The predicted molar refractivity (Wildman–Crippen MR) is 98.3 cm³/mol. The van der Waals surface area contributed by atoms with Gasteiger partial charge in [-0.15, -0.1) is 10.2 Å². The summed E-state index contributed by atoms with van der Waals surface area (Å²) in [5, 5.41) is 19.3. The minimum absolute atomic E-state index is 0.0517. The highest BCUT2D eigenvalue weighted by molar-refractivity contribution is 5.90. The zero-order valence-electron chi connectivity index (χ0n) is 14.5. The zero-order chi connectivity index (χ0) is 18.6. The molecule has 27 heavy (non-hydrogen) atoms. The third-order valence-corrected chi connectivity index (χ3v) is 3.84. The molecule has 0 unspecified atom stereocenters. The number of anilines is 1. The molecule has 3 heterocycles. The maximum atomic E-state index is 12.3. The van der Waals surface area contributed by atoms with Crippen LogP contribution in [0.3, 0.4) is 0 Å². The van der Waals surface area contributed by atoms with E-state index in [1.807, 2.05) is 48.5 Å². The Morgan fingerprint density at radius 3 is 2.63 bits per heavy atom. The van der Waals surface area contributed by atoms with Crippen molar-refractivity contribution in [2.75, 3.05) is 5.32 Å². The third kappa shape index (κ3) is 3.71. The van der Waals surface area contributed by atoms with Crippen LogP contribution in [0.1, 0.15) is 0 Å². The number of tetrazole rings is 1. The summed E-state index contributed by atoms with van der Waals surface area (Å²) in [6.07, 6.45) is 1.70. The highest BCUT2D eigenvalue weighted by atomic mass is 16.2. The van der Waals surface area contributed by atoms with Gasteiger partial charge in [-0.05, 0) is 17.3 Å². The first-order valence-corrected chi connectivity index (χ1v) is 8.27. The van der Waals surface area contributed by atoms with Crippen molar-refractivity contribution in [2.45, 2.75) is 6.54 Å². The monoisotopic (exact) mass is 360 g/mol. The Balaban J connectivity index is 1.44. The Morgan fingerprint density at radius 2 is 1.85 bits per heavy atom. The van der Waals surface area contributed by atoms with E-state index in [9.17, 15) is 4.79 Å². The van der Waals surface area contributed by atoms with E-state index in [1.165, 1.54) is 4.80 Å². The lowest BCUT2D eigenvalue weighted by molar-refractivity contribution is -0.117. The van der Waals surface area contributed by atoms with Crippen molar-refractivity contribution in [3.63, 3.8) is 0 Å². The number of aromatic nitrogens is 7. The van der Waals surface area contributed by atoms with Crippen LogP contribution >= 0.6 is 0 Å². The van der Waals surface area contributed by atoms with Gasteiger partial charge in [0.2, 0.25) is 11.7 Å². The van der Waals surface area contributed by atoms with E-state index < -0.39 is 0 Å². The molecule has 9 heteroatoms. The van der Waals surface area contributed by atoms with E-state index in [0.717, 1.165) is 11.3 Å². The van der Waals surface area contributed by atoms with Gasteiger partial charge < -0.3 is 5.32 Å². The molecule has 4 aromatic rings. The first kappa shape index (κ1) is 16.6. The maximum absolute atomic E-state index is 12.3. The SMILES string of the molecule is Cn1nc(-c2ccccn2)cc1NC(=O)Cn1nnc(-c2ccccc2)n1. The predicted octanol–water partition coefficient (Wildman–Crippen LogP) is 1.77. The Kier molecular flexibility index (Phi) is 4.40. The van der Waals surface area contributed by atoms with Crippen LogP contribution in [-0.4, -0.2) is 40.9 Å². The van der Waals surface area contributed by atoms with E-state index >= 15 is 0 Å². The summed E-state index contributed by atoms with van der Waals surface area (Å²) in [7, 11) is 1.75. The first-order chi connectivity index (χ1) is 13.2. The van der Waals surface area contributed by atoms with Crippen LogP contribution in [0.4, 0.5) is 5.82 Å². The highest BCUT2D eigenvalue weighted by Gasteiger charge is 2.13. The topological polar surface area (TPSA) is 103 Å². The molecule has 3 aromatic heterocycles. The smallest absolute Gasteiger partial charge is 0.249 e. The van der Waals surface area contributed by atoms with E-state index in [-0.39, 0.29) is 12.5 Å². The van der Waals surface area contributed by atoms with Gasteiger partial charge in [-0.3, -0.25) is 14.5 Å². The molecule has 0 aliphatic rings. The summed E-state index contributed by atoms with van der Waals surface area (Å²) in [6.45, 7) is -0.0517. The van der Waals surface area contributed by atoms with Crippen molar-refractivity contribution in [2.24, 2.45) is 7.05 Å². The standard InChI is InChI=1S/C18H16N8O/c1-25-16(11-15(22-25)14-9-5-6-10-19-14)20-17(27)12-26-23-18(21-24-26)13-7-3-2-4-8-13/h2-11H,12H2,1H3,(H,20,27). The molecular weight excluding hydrogens is 344 g/mol. The van der Waals surface area contributed by atoms with Crippen molar-refractivity contribution >= 4 is 11.7 Å². The molecule has 134 valence electrons. The average molecular weight is 360 g/mol. The largest absolute Gasteiger partial charge is 0.309 e. The Morgan fingerprint density at radius 1 is 1.04 bits per heavy atom. The number of aryl methyl sites for hydroxylation is 1. The summed E-state index contributed by atoms with van der Waals surface area (Å²) < 4.78 is 1.59. The molecule has 1 amide bonds. The molecule has 4 rings (SSSR count). The van der Waals surface area contributed by atoms with Gasteiger partial charge in [0.15, 0.2) is 0 Å². The molecule has 0 aliphatic heterocycles. The molecular formula is C18H16N8O. The van der Waals surface area contributed by atoms with Gasteiger partial charge in [-0.1, -0.05) is 36.4 Å². The lowest BCUT2D eigenvalue weighted by atomic mass is 10.2. The fourth-order valence-electron chi connectivity index (χ4n) is 2.55. The summed E-state index contributed by atoms with van der Waals surface area (Å²) in [5.74, 6) is 0.757. The van der Waals surface area contributed by atoms with Gasteiger partial charge in [0.05, 0.1) is 5.69 Å². The number of carbonyl (C=O) groups excluding carboxylic acids is 1. The second-order valence-electron chi connectivity index (χ2n) is 5.81. The number of hydrogen-bond acceptors (Lipinski definition) is 6. The Bertz CT molecular complexity index is 1060. The number of hydrogen-bond donors (Lipinski definition) is 1. The maximum Gasteiger partial charge on any atom is 0.249 e. The van der Waals surface area contributed by atoms with E-state index in [0.29, 0.717) is 17.3 Å². The lowest BCUT2D eigenvalue weighted by Gasteiger charge is -2.03. The second kappa shape index (κ2) is 7.16. The third-order valence-electron chi connectivity index (χ3n) is 3.84. The van der Waals surface area contributed by atoms with Crippen molar-refractivity contribution in [3.8, 4) is 22.8 Å². The molecule has 0 saturated carbocycles. The van der Waals surface area contributed by atoms with Crippen LogP contribution < -0.4 is 5.32 Å². The summed E-state index contributed by atoms with van der Waals surface area (Å²) in [6, 6.07) is 16.8. The molecule has 0 bridgehead atoms. The molecule has 0 radical (unpaired) electrons. The van der Waals surface area contributed by atoms with E-state index in [2.05, 4.69) is 30.8 Å². The molecule has 9 nitrogen and oxygen atoms in total.